The first-order valence-electron chi connectivity index (χ1n) is 9.97. The molecule has 0 aliphatic carbocycles. The van der Waals surface area contributed by atoms with Crippen LogP contribution < -0.4 is 10.9 Å². The topological polar surface area (TPSA) is 81.8 Å². The van der Waals surface area contributed by atoms with Crippen molar-refractivity contribution in [2.75, 3.05) is 26.2 Å². The van der Waals surface area contributed by atoms with Crippen molar-refractivity contribution in [2.45, 2.75) is 30.3 Å². The molecule has 2 atom stereocenters. The van der Waals surface area contributed by atoms with Gasteiger partial charge in [-0.05, 0) is 43.2 Å². The third-order valence-electron chi connectivity index (χ3n) is 5.68. The fourth-order valence-corrected chi connectivity index (χ4v) is 5.55. The Morgan fingerprint density at radius 3 is 2.23 bits per heavy atom. The highest BCUT2D eigenvalue weighted by molar-refractivity contribution is 9.10. The predicted octanol–water partition coefficient (Wildman–Crippen LogP) is 2.20. The summed E-state index contributed by atoms with van der Waals surface area (Å²) in [7, 11) is -3.55. The van der Waals surface area contributed by atoms with Crippen molar-refractivity contribution in [2.24, 2.45) is 0 Å². The Morgan fingerprint density at radius 2 is 1.60 bits per heavy atom. The maximum absolute atomic E-state index is 12.9. The molecule has 2 aliphatic heterocycles. The lowest BCUT2D eigenvalue weighted by Crippen LogP contribution is -2.54. The van der Waals surface area contributed by atoms with E-state index in [1.807, 2.05) is 6.92 Å². The normalized spacial score (nSPS) is 22.9. The van der Waals surface area contributed by atoms with E-state index in [-0.39, 0.29) is 22.9 Å². The van der Waals surface area contributed by atoms with E-state index in [1.54, 1.807) is 29.2 Å². The zero-order chi connectivity index (χ0) is 21.3. The molecule has 2 aromatic rings. The lowest BCUT2D eigenvalue weighted by molar-refractivity contribution is -0.134. The number of aryl methyl sites for hydroxylation is 1. The molecule has 9 heteroatoms. The fraction of sp³-hybridized carbons (Fsp3) is 0.381. The Kier molecular flexibility index (Phi) is 6.26. The average molecular weight is 493 g/mol. The minimum atomic E-state index is -3.55. The van der Waals surface area contributed by atoms with Crippen molar-refractivity contribution in [3.63, 3.8) is 0 Å². The minimum absolute atomic E-state index is 0.0119. The van der Waals surface area contributed by atoms with Gasteiger partial charge in [0, 0.05) is 36.7 Å². The first-order chi connectivity index (χ1) is 14.3. The van der Waals surface area contributed by atoms with Crippen LogP contribution >= 0.6 is 15.9 Å². The Balaban J connectivity index is 1.34. The molecule has 2 aliphatic rings. The van der Waals surface area contributed by atoms with E-state index in [2.05, 4.69) is 51.0 Å². The van der Waals surface area contributed by atoms with Crippen LogP contribution in [0.25, 0.3) is 0 Å². The molecule has 0 radical (unpaired) electrons. The van der Waals surface area contributed by atoms with Crippen LogP contribution in [0.2, 0.25) is 0 Å². The van der Waals surface area contributed by atoms with E-state index < -0.39 is 10.0 Å². The van der Waals surface area contributed by atoms with Crippen molar-refractivity contribution in [3.8, 4) is 0 Å². The SMILES string of the molecule is Cc1ccc(C2CC(C(=O)N3CCN(S(=O)(=O)c4ccc(Br)cc4)CC3)NN2)cc1. The second-order valence-electron chi connectivity index (χ2n) is 7.72. The molecule has 2 N–H and O–H groups in total. The van der Waals surface area contributed by atoms with Gasteiger partial charge in [0.15, 0.2) is 0 Å². The molecule has 0 saturated carbocycles. The molecule has 2 saturated heterocycles. The van der Waals surface area contributed by atoms with Crippen LogP contribution in [0.5, 0.6) is 0 Å². The number of piperazine rings is 1. The van der Waals surface area contributed by atoms with Crippen LogP contribution in [0.1, 0.15) is 23.6 Å². The Bertz CT molecular complexity index is 1000. The second kappa shape index (κ2) is 8.76. The number of amides is 1. The molecule has 2 unspecified atom stereocenters. The van der Waals surface area contributed by atoms with Crippen LogP contribution in [0, 0.1) is 6.92 Å². The summed E-state index contributed by atoms with van der Waals surface area (Å²) in [6.45, 7) is 3.42. The van der Waals surface area contributed by atoms with Crippen molar-refractivity contribution >= 4 is 31.9 Å². The number of hydrogen-bond acceptors (Lipinski definition) is 5. The van der Waals surface area contributed by atoms with Gasteiger partial charge in [0.25, 0.3) is 0 Å². The zero-order valence-electron chi connectivity index (χ0n) is 16.7. The molecule has 2 fully saturated rings. The summed E-state index contributed by atoms with van der Waals surface area (Å²) in [5, 5.41) is 0. The van der Waals surface area contributed by atoms with Gasteiger partial charge < -0.3 is 4.90 Å². The van der Waals surface area contributed by atoms with E-state index in [4.69, 9.17) is 0 Å². The van der Waals surface area contributed by atoms with Crippen LogP contribution in [0.15, 0.2) is 57.9 Å². The number of benzene rings is 2. The van der Waals surface area contributed by atoms with E-state index >= 15 is 0 Å². The smallest absolute Gasteiger partial charge is 0.243 e. The average Bonchev–Trinajstić information content (AvgIpc) is 3.24. The summed E-state index contributed by atoms with van der Waals surface area (Å²) in [4.78, 5) is 15.0. The fourth-order valence-electron chi connectivity index (χ4n) is 3.86. The summed E-state index contributed by atoms with van der Waals surface area (Å²) in [5.41, 5.74) is 8.67. The van der Waals surface area contributed by atoms with Crippen LogP contribution in [-0.2, 0) is 14.8 Å². The van der Waals surface area contributed by atoms with Crippen LogP contribution in [0.3, 0.4) is 0 Å². The summed E-state index contributed by atoms with van der Waals surface area (Å²) >= 11 is 3.32. The van der Waals surface area contributed by atoms with E-state index in [0.29, 0.717) is 32.6 Å². The van der Waals surface area contributed by atoms with Gasteiger partial charge in [-0.25, -0.2) is 19.3 Å². The number of nitrogens with one attached hydrogen (secondary N) is 2. The lowest BCUT2D eigenvalue weighted by Gasteiger charge is -2.35. The van der Waals surface area contributed by atoms with E-state index in [1.165, 1.54) is 9.87 Å². The van der Waals surface area contributed by atoms with Gasteiger partial charge in [0.05, 0.1) is 4.90 Å². The molecule has 0 bridgehead atoms. The molecule has 0 spiro atoms. The van der Waals surface area contributed by atoms with Crippen LogP contribution in [-0.4, -0.2) is 55.8 Å². The standard InChI is InChI=1S/C21H25BrN4O3S/c1-15-2-4-16(5-3-15)19-14-20(24-23-19)21(27)25-10-12-26(13-11-25)30(28,29)18-8-6-17(22)7-9-18/h2-9,19-20,23-24H,10-14H2,1H3. The third-order valence-corrected chi connectivity index (χ3v) is 8.12. The van der Waals surface area contributed by atoms with Crippen molar-refractivity contribution in [3.05, 3.63) is 64.1 Å². The maximum Gasteiger partial charge on any atom is 0.243 e. The molecule has 0 aromatic heterocycles. The molecule has 4 rings (SSSR count). The highest BCUT2D eigenvalue weighted by atomic mass is 79.9. The molecule has 30 heavy (non-hydrogen) atoms. The number of carbonyl (C=O) groups is 1. The number of hydrogen-bond donors (Lipinski definition) is 2. The molecular formula is C21H25BrN4O3S. The van der Waals surface area contributed by atoms with E-state index in [0.717, 1.165) is 10.0 Å². The number of rotatable bonds is 4. The van der Waals surface area contributed by atoms with Crippen molar-refractivity contribution < 1.29 is 13.2 Å². The Hall–Kier alpha value is -1.78. The Labute approximate surface area is 185 Å². The molecule has 2 heterocycles. The van der Waals surface area contributed by atoms with Crippen LogP contribution in [0.4, 0.5) is 0 Å². The largest absolute Gasteiger partial charge is 0.339 e. The van der Waals surface area contributed by atoms with Gasteiger partial charge in [-0.15, -0.1) is 0 Å². The minimum Gasteiger partial charge on any atom is -0.339 e. The first-order valence-corrected chi connectivity index (χ1v) is 12.2. The van der Waals surface area contributed by atoms with Gasteiger partial charge in [0.1, 0.15) is 6.04 Å². The zero-order valence-corrected chi connectivity index (χ0v) is 19.1. The number of hydrazine groups is 1. The highest BCUT2D eigenvalue weighted by Gasteiger charge is 2.36. The summed E-state index contributed by atoms with van der Waals surface area (Å²) in [6, 6.07) is 14.7. The van der Waals surface area contributed by atoms with Crippen molar-refractivity contribution in [1.82, 2.24) is 20.1 Å². The monoisotopic (exact) mass is 492 g/mol. The molecule has 1 amide bonds. The third kappa shape index (κ3) is 4.45. The van der Waals surface area contributed by atoms with Gasteiger partial charge in [-0.2, -0.15) is 4.31 Å². The number of halogens is 1. The summed E-state index contributed by atoms with van der Waals surface area (Å²) in [6.07, 6.45) is 0.666. The number of carbonyl (C=O) groups excluding carboxylic acids is 1. The quantitative estimate of drug-likeness (QED) is 0.683. The molecular weight excluding hydrogens is 468 g/mol. The molecule has 2 aromatic carbocycles. The molecule has 160 valence electrons. The number of sulfonamides is 1. The van der Waals surface area contributed by atoms with Gasteiger partial charge >= 0.3 is 0 Å². The summed E-state index contributed by atoms with van der Waals surface area (Å²) < 4.78 is 28.0. The predicted molar refractivity (Wildman–Crippen MR) is 118 cm³/mol. The Morgan fingerprint density at radius 1 is 0.967 bits per heavy atom. The van der Waals surface area contributed by atoms with Gasteiger partial charge in [0.2, 0.25) is 15.9 Å². The highest BCUT2D eigenvalue weighted by Crippen LogP contribution is 2.25. The number of nitrogens with zero attached hydrogens (tertiary/aromatic N) is 2. The first kappa shape index (κ1) is 21.5. The summed E-state index contributed by atoms with van der Waals surface area (Å²) in [5.74, 6) is 0.0119. The van der Waals surface area contributed by atoms with Crippen molar-refractivity contribution in [1.29, 1.82) is 0 Å². The second-order valence-corrected chi connectivity index (χ2v) is 10.6. The van der Waals surface area contributed by atoms with Gasteiger partial charge in [-0.1, -0.05) is 45.8 Å². The van der Waals surface area contributed by atoms with Gasteiger partial charge in [-0.3, -0.25) is 4.79 Å². The molecule has 7 nitrogen and oxygen atoms in total. The maximum atomic E-state index is 12.9. The lowest BCUT2D eigenvalue weighted by atomic mass is 10.0. The van der Waals surface area contributed by atoms with E-state index in [9.17, 15) is 13.2 Å².